The maximum Gasteiger partial charge on any atom is 0.245 e. The summed E-state index contributed by atoms with van der Waals surface area (Å²) in [7, 11) is -3.11. The molecule has 0 spiro atoms. The van der Waals surface area contributed by atoms with Crippen molar-refractivity contribution in [3.8, 4) is 5.75 Å². The molecule has 2 aromatic carbocycles. The van der Waals surface area contributed by atoms with Crippen LogP contribution in [0.2, 0.25) is 0 Å². The summed E-state index contributed by atoms with van der Waals surface area (Å²) in [6, 6.07) is 8.69. The summed E-state index contributed by atoms with van der Waals surface area (Å²) in [6.07, 6.45) is -0.506. The molecule has 0 unspecified atom stereocenters. The van der Waals surface area contributed by atoms with Crippen molar-refractivity contribution in [2.75, 3.05) is 31.6 Å². The van der Waals surface area contributed by atoms with E-state index < -0.39 is 38.5 Å². The number of likely N-dealkylation sites (N-methyl/N-ethyl adjacent to an activating group) is 2. The van der Waals surface area contributed by atoms with Crippen molar-refractivity contribution >= 4 is 15.7 Å². The molecule has 27 heavy (non-hydrogen) atoms. The number of ether oxygens (including phenoxy) is 1. The number of para-hydroxylation sites is 2. The highest BCUT2D eigenvalue weighted by Gasteiger charge is 2.32. The SMILES string of the molecule is CCN1C[C@@H](CN(C)S(=O)(=O)c2ccc(F)c(F)c2F)Oc2ccccc21. The van der Waals surface area contributed by atoms with Gasteiger partial charge in [-0.05, 0) is 31.2 Å². The van der Waals surface area contributed by atoms with Gasteiger partial charge < -0.3 is 9.64 Å². The third-order valence-corrected chi connectivity index (χ3v) is 6.29. The minimum Gasteiger partial charge on any atom is -0.485 e. The first kappa shape index (κ1) is 19.5. The minimum absolute atomic E-state index is 0.0778. The van der Waals surface area contributed by atoms with Gasteiger partial charge in [0.2, 0.25) is 10.0 Å². The Morgan fingerprint density at radius 3 is 2.56 bits per heavy atom. The average Bonchev–Trinajstić information content (AvgIpc) is 2.65. The number of sulfonamides is 1. The maximum absolute atomic E-state index is 14.0. The molecule has 0 radical (unpaired) electrons. The van der Waals surface area contributed by atoms with Gasteiger partial charge in [-0.2, -0.15) is 4.31 Å². The maximum atomic E-state index is 14.0. The van der Waals surface area contributed by atoms with Crippen LogP contribution in [0.25, 0.3) is 0 Å². The van der Waals surface area contributed by atoms with Crippen molar-refractivity contribution in [1.29, 1.82) is 0 Å². The van der Waals surface area contributed by atoms with Gasteiger partial charge in [0.1, 0.15) is 16.7 Å². The fourth-order valence-electron chi connectivity index (χ4n) is 3.03. The number of nitrogens with zero attached hydrogens (tertiary/aromatic N) is 2. The lowest BCUT2D eigenvalue weighted by molar-refractivity contribution is 0.171. The van der Waals surface area contributed by atoms with E-state index in [-0.39, 0.29) is 6.54 Å². The van der Waals surface area contributed by atoms with Gasteiger partial charge in [-0.3, -0.25) is 0 Å². The van der Waals surface area contributed by atoms with Gasteiger partial charge in [0, 0.05) is 13.6 Å². The highest BCUT2D eigenvalue weighted by atomic mass is 32.2. The van der Waals surface area contributed by atoms with E-state index in [2.05, 4.69) is 0 Å². The molecule has 0 aromatic heterocycles. The van der Waals surface area contributed by atoms with Crippen LogP contribution in [-0.4, -0.2) is 45.5 Å². The number of hydrogen-bond donors (Lipinski definition) is 0. The summed E-state index contributed by atoms with van der Waals surface area (Å²) < 4.78 is 72.5. The van der Waals surface area contributed by atoms with E-state index in [0.717, 1.165) is 16.1 Å². The summed E-state index contributed by atoms with van der Waals surface area (Å²) in [5, 5.41) is 0. The van der Waals surface area contributed by atoms with Crippen molar-refractivity contribution in [1.82, 2.24) is 4.31 Å². The number of halogens is 3. The second-order valence-electron chi connectivity index (χ2n) is 6.21. The Balaban J connectivity index is 1.83. The standard InChI is InChI=1S/C18H19F3N2O3S/c1-3-23-11-12(26-15-7-5-4-6-14(15)23)10-22(2)27(24,25)16-9-8-13(19)17(20)18(16)21/h4-9,12H,3,10-11H2,1-2H3/t12-/m1/s1. The molecule has 146 valence electrons. The third-order valence-electron chi connectivity index (χ3n) is 4.45. The Morgan fingerprint density at radius 1 is 1.15 bits per heavy atom. The van der Waals surface area contributed by atoms with E-state index in [0.29, 0.717) is 24.9 Å². The fraction of sp³-hybridized carbons (Fsp3) is 0.333. The predicted molar refractivity (Wildman–Crippen MR) is 94.9 cm³/mol. The van der Waals surface area contributed by atoms with Crippen molar-refractivity contribution in [2.45, 2.75) is 17.9 Å². The van der Waals surface area contributed by atoms with Crippen molar-refractivity contribution in [3.63, 3.8) is 0 Å². The van der Waals surface area contributed by atoms with Gasteiger partial charge in [-0.15, -0.1) is 0 Å². The first-order valence-electron chi connectivity index (χ1n) is 8.36. The number of hydrogen-bond acceptors (Lipinski definition) is 4. The molecule has 9 heteroatoms. The van der Waals surface area contributed by atoms with E-state index in [4.69, 9.17) is 4.74 Å². The van der Waals surface area contributed by atoms with Crippen LogP contribution in [0.1, 0.15) is 6.92 Å². The van der Waals surface area contributed by atoms with Crippen LogP contribution in [0.4, 0.5) is 18.9 Å². The Hall–Kier alpha value is -2.26. The lowest BCUT2D eigenvalue weighted by Crippen LogP contribution is -2.46. The van der Waals surface area contributed by atoms with Crippen molar-refractivity contribution in [3.05, 3.63) is 53.8 Å². The molecule has 0 aliphatic carbocycles. The Kier molecular flexibility index (Phi) is 5.34. The van der Waals surface area contributed by atoms with Crippen LogP contribution in [-0.2, 0) is 10.0 Å². The van der Waals surface area contributed by atoms with Crippen LogP contribution in [0.3, 0.4) is 0 Å². The highest BCUT2D eigenvalue weighted by molar-refractivity contribution is 7.89. The molecule has 1 heterocycles. The molecule has 0 fully saturated rings. The summed E-state index contributed by atoms with van der Waals surface area (Å²) in [5.74, 6) is -4.36. The first-order valence-corrected chi connectivity index (χ1v) is 9.80. The van der Waals surface area contributed by atoms with Crippen LogP contribution >= 0.6 is 0 Å². The zero-order chi connectivity index (χ0) is 19.8. The minimum atomic E-state index is -4.36. The lowest BCUT2D eigenvalue weighted by atomic mass is 10.2. The molecular formula is C18H19F3N2O3S. The molecule has 3 rings (SSSR count). The molecule has 0 saturated carbocycles. The van der Waals surface area contributed by atoms with Gasteiger partial charge in [0.05, 0.1) is 18.8 Å². The molecular weight excluding hydrogens is 381 g/mol. The van der Waals surface area contributed by atoms with E-state index in [1.165, 1.54) is 7.05 Å². The zero-order valence-electron chi connectivity index (χ0n) is 14.8. The predicted octanol–water partition coefficient (Wildman–Crippen LogP) is 3.01. The van der Waals surface area contributed by atoms with Crippen LogP contribution in [0.5, 0.6) is 5.75 Å². The second-order valence-corrected chi connectivity index (χ2v) is 8.22. The average molecular weight is 400 g/mol. The van der Waals surface area contributed by atoms with Crippen LogP contribution in [0.15, 0.2) is 41.3 Å². The van der Waals surface area contributed by atoms with Gasteiger partial charge in [-0.25, -0.2) is 21.6 Å². The number of anilines is 1. The molecule has 5 nitrogen and oxygen atoms in total. The number of rotatable bonds is 5. The van der Waals surface area contributed by atoms with E-state index in [9.17, 15) is 21.6 Å². The summed E-state index contributed by atoms with van der Waals surface area (Å²) in [5.41, 5.74) is 0.911. The molecule has 1 aliphatic heterocycles. The first-order chi connectivity index (χ1) is 12.8. The molecule has 1 atom stereocenters. The normalized spacial score (nSPS) is 17.0. The molecule has 1 aliphatic rings. The van der Waals surface area contributed by atoms with E-state index >= 15 is 0 Å². The largest absolute Gasteiger partial charge is 0.485 e. The molecule has 0 amide bonds. The van der Waals surface area contributed by atoms with Crippen molar-refractivity contribution < 1.29 is 26.3 Å². The van der Waals surface area contributed by atoms with Gasteiger partial charge >= 0.3 is 0 Å². The van der Waals surface area contributed by atoms with Gasteiger partial charge in [0.15, 0.2) is 17.5 Å². The van der Waals surface area contributed by atoms with Gasteiger partial charge in [-0.1, -0.05) is 12.1 Å². The van der Waals surface area contributed by atoms with Crippen LogP contribution < -0.4 is 9.64 Å². The summed E-state index contributed by atoms with van der Waals surface area (Å²) in [6.45, 7) is 3.03. The van der Waals surface area contributed by atoms with E-state index in [1.54, 1.807) is 6.07 Å². The van der Waals surface area contributed by atoms with Gasteiger partial charge in [0.25, 0.3) is 0 Å². The molecule has 0 bridgehead atoms. The summed E-state index contributed by atoms with van der Waals surface area (Å²) >= 11 is 0. The van der Waals surface area contributed by atoms with Crippen molar-refractivity contribution in [2.24, 2.45) is 0 Å². The third kappa shape index (κ3) is 3.61. The Labute approximate surface area is 156 Å². The molecule has 0 saturated heterocycles. The van der Waals surface area contributed by atoms with Crippen LogP contribution in [0, 0.1) is 17.5 Å². The summed E-state index contributed by atoms with van der Waals surface area (Å²) in [4.78, 5) is 1.13. The smallest absolute Gasteiger partial charge is 0.245 e. The van der Waals surface area contributed by atoms with E-state index in [1.807, 2.05) is 30.0 Å². The topological polar surface area (TPSA) is 49.9 Å². The zero-order valence-corrected chi connectivity index (χ0v) is 15.6. The monoisotopic (exact) mass is 400 g/mol. The second kappa shape index (κ2) is 7.40. The quantitative estimate of drug-likeness (QED) is 0.724. The number of benzene rings is 2. The lowest BCUT2D eigenvalue weighted by Gasteiger charge is -2.37. The molecule has 2 aromatic rings. The fourth-order valence-corrected chi connectivity index (χ4v) is 4.29. The highest BCUT2D eigenvalue weighted by Crippen LogP contribution is 2.33. The Bertz CT molecular complexity index is 953. The number of fused-ring (bicyclic) bond motifs is 1. The molecule has 0 N–H and O–H groups in total. The Morgan fingerprint density at radius 2 is 1.85 bits per heavy atom.